The Labute approximate surface area is 157 Å². The Balaban J connectivity index is 1.53. The predicted molar refractivity (Wildman–Crippen MR) is 95.8 cm³/mol. The van der Waals surface area contributed by atoms with E-state index in [1.54, 1.807) is 6.07 Å². The minimum atomic E-state index is -0.877. The fourth-order valence-electron chi connectivity index (χ4n) is 6.96. The number of rotatable bonds is 3. The molecule has 0 aromatic heterocycles. The Morgan fingerprint density at radius 1 is 1.19 bits per heavy atom. The van der Waals surface area contributed by atoms with Crippen LogP contribution >= 0.6 is 0 Å². The van der Waals surface area contributed by atoms with Gasteiger partial charge in [0.25, 0.3) is 0 Å². The van der Waals surface area contributed by atoms with Gasteiger partial charge in [0.15, 0.2) is 11.6 Å². The molecule has 1 aromatic rings. The van der Waals surface area contributed by atoms with Crippen LogP contribution in [0, 0.1) is 34.8 Å². The van der Waals surface area contributed by atoms with Crippen LogP contribution in [0.3, 0.4) is 0 Å². The number of hydrogen-bond acceptors (Lipinski definition) is 2. The molecule has 146 valence electrons. The second-order valence-corrected chi connectivity index (χ2v) is 9.55. The van der Waals surface area contributed by atoms with E-state index in [4.69, 9.17) is 0 Å². The van der Waals surface area contributed by atoms with Crippen molar-refractivity contribution < 1.29 is 18.7 Å². The SMILES string of the molecule is CC1(c2ccc(F)c(F)c2)CNC(=O)N1C1C2CC3CC1CC(CO)(C3)C2. The zero-order valence-corrected chi connectivity index (χ0v) is 15.5. The van der Waals surface area contributed by atoms with Gasteiger partial charge in [-0.2, -0.15) is 0 Å². The van der Waals surface area contributed by atoms with Gasteiger partial charge in [0.05, 0.1) is 5.54 Å². The molecule has 2 amide bonds. The summed E-state index contributed by atoms with van der Waals surface area (Å²) >= 11 is 0. The summed E-state index contributed by atoms with van der Waals surface area (Å²) < 4.78 is 27.4. The molecule has 4 aliphatic carbocycles. The molecule has 6 heteroatoms. The van der Waals surface area contributed by atoms with Gasteiger partial charge in [-0.15, -0.1) is 0 Å². The number of aliphatic hydroxyl groups excluding tert-OH is 1. The molecule has 1 aliphatic heterocycles. The third kappa shape index (κ3) is 2.38. The molecule has 4 nitrogen and oxygen atoms in total. The van der Waals surface area contributed by atoms with Crippen molar-refractivity contribution in [3.63, 3.8) is 0 Å². The van der Waals surface area contributed by atoms with E-state index in [1.807, 2.05) is 11.8 Å². The first-order valence-corrected chi connectivity index (χ1v) is 9.99. The average molecular weight is 376 g/mol. The van der Waals surface area contributed by atoms with Crippen molar-refractivity contribution in [3.8, 4) is 0 Å². The maximum absolute atomic E-state index is 13.9. The Morgan fingerprint density at radius 3 is 2.52 bits per heavy atom. The summed E-state index contributed by atoms with van der Waals surface area (Å²) in [5, 5.41) is 12.9. The van der Waals surface area contributed by atoms with Crippen LogP contribution in [0.4, 0.5) is 13.6 Å². The van der Waals surface area contributed by atoms with Crippen molar-refractivity contribution in [1.82, 2.24) is 10.2 Å². The number of benzene rings is 1. The summed E-state index contributed by atoms with van der Waals surface area (Å²) in [6.07, 6.45) is 5.22. The first-order chi connectivity index (χ1) is 12.8. The minimum Gasteiger partial charge on any atom is -0.396 e. The Bertz CT molecular complexity index is 784. The lowest BCUT2D eigenvalue weighted by molar-refractivity contribution is -0.130. The Hall–Kier alpha value is -1.69. The molecule has 6 rings (SSSR count). The summed E-state index contributed by atoms with van der Waals surface area (Å²) in [6, 6.07) is 3.96. The van der Waals surface area contributed by atoms with Crippen LogP contribution in [-0.2, 0) is 5.54 Å². The van der Waals surface area contributed by atoms with Crippen molar-refractivity contribution in [1.29, 1.82) is 0 Å². The molecule has 5 fully saturated rings. The minimum absolute atomic E-state index is 0.0294. The summed E-state index contributed by atoms with van der Waals surface area (Å²) in [5.74, 6) is -0.358. The molecule has 3 atom stereocenters. The molecule has 27 heavy (non-hydrogen) atoms. The van der Waals surface area contributed by atoms with E-state index in [0.29, 0.717) is 29.9 Å². The second kappa shape index (κ2) is 5.66. The van der Waals surface area contributed by atoms with E-state index in [2.05, 4.69) is 5.32 Å². The van der Waals surface area contributed by atoms with Gasteiger partial charge in [-0.25, -0.2) is 13.6 Å². The van der Waals surface area contributed by atoms with E-state index >= 15 is 0 Å². The molecule has 4 saturated carbocycles. The van der Waals surface area contributed by atoms with E-state index in [1.165, 1.54) is 6.07 Å². The zero-order chi connectivity index (χ0) is 19.0. The number of amides is 2. The maximum Gasteiger partial charge on any atom is 0.318 e. The summed E-state index contributed by atoms with van der Waals surface area (Å²) in [6.45, 7) is 2.57. The quantitative estimate of drug-likeness (QED) is 0.850. The number of hydrogen-bond donors (Lipinski definition) is 2. The van der Waals surface area contributed by atoms with Crippen LogP contribution in [0.15, 0.2) is 18.2 Å². The monoisotopic (exact) mass is 376 g/mol. The molecule has 0 spiro atoms. The molecular weight excluding hydrogens is 350 g/mol. The first-order valence-electron chi connectivity index (χ1n) is 9.99. The van der Waals surface area contributed by atoms with E-state index < -0.39 is 17.2 Å². The lowest BCUT2D eigenvalue weighted by Crippen LogP contribution is -2.63. The first kappa shape index (κ1) is 17.4. The van der Waals surface area contributed by atoms with Crippen LogP contribution in [0.5, 0.6) is 0 Å². The summed E-state index contributed by atoms with van der Waals surface area (Å²) in [5.41, 5.74) is -0.0370. The second-order valence-electron chi connectivity index (χ2n) is 9.55. The smallest absolute Gasteiger partial charge is 0.318 e. The van der Waals surface area contributed by atoms with Crippen molar-refractivity contribution in [3.05, 3.63) is 35.4 Å². The number of halogens is 2. The Kier molecular flexibility index (Phi) is 3.65. The number of urea groups is 1. The van der Waals surface area contributed by atoms with Gasteiger partial charge in [0, 0.05) is 19.2 Å². The average Bonchev–Trinajstić information content (AvgIpc) is 2.93. The van der Waals surface area contributed by atoms with Gasteiger partial charge >= 0.3 is 6.03 Å². The molecule has 1 saturated heterocycles. The Morgan fingerprint density at radius 2 is 1.89 bits per heavy atom. The summed E-state index contributed by atoms with van der Waals surface area (Å²) in [4.78, 5) is 14.8. The maximum atomic E-state index is 13.9. The van der Waals surface area contributed by atoms with Crippen LogP contribution in [0.2, 0.25) is 0 Å². The molecular formula is C21H26F2N2O2. The highest BCUT2D eigenvalue weighted by Gasteiger charge is 2.60. The predicted octanol–water partition coefficient (Wildman–Crippen LogP) is 3.39. The highest BCUT2D eigenvalue weighted by atomic mass is 19.2. The highest BCUT2D eigenvalue weighted by molar-refractivity contribution is 5.79. The number of nitrogens with zero attached hydrogens (tertiary/aromatic N) is 1. The van der Waals surface area contributed by atoms with Crippen molar-refractivity contribution in [2.24, 2.45) is 23.2 Å². The third-order valence-corrected chi connectivity index (χ3v) is 7.86. The summed E-state index contributed by atoms with van der Waals surface area (Å²) in [7, 11) is 0. The third-order valence-electron chi connectivity index (χ3n) is 7.86. The van der Waals surface area contributed by atoms with Gasteiger partial charge in [0.2, 0.25) is 0 Å². The van der Waals surface area contributed by atoms with Crippen LogP contribution < -0.4 is 5.32 Å². The lowest BCUT2D eigenvalue weighted by Gasteiger charge is -2.62. The van der Waals surface area contributed by atoms with E-state index in [0.717, 1.165) is 38.2 Å². The number of nitrogens with one attached hydrogen (secondary N) is 1. The number of carbonyl (C=O) groups excluding carboxylic acids is 1. The molecule has 1 heterocycles. The lowest BCUT2D eigenvalue weighted by atomic mass is 9.47. The van der Waals surface area contributed by atoms with Gasteiger partial charge in [-0.1, -0.05) is 6.07 Å². The van der Waals surface area contributed by atoms with Gasteiger partial charge in [-0.3, -0.25) is 0 Å². The highest BCUT2D eigenvalue weighted by Crippen LogP contribution is 2.62. The number of aliphatic hydroxyl groups is 1. The normalized spacial score (nSPS) is 42.7. The largest absolute Gasteiger partial charge is 0.396 e. The van der Waals surface area contributed by atoms with Gasteiger partial charge < -0.3 is 15.3 Å². The van der Waals surface area contributed by atoms with E-state index in [-0.39, 0.29) is 24.1 Å². The molecule has 5 aliphatic rings. The zero-order valence-electron chi connectivity index (χ0n) is 15.5. The number of carbonyl (C=O) groups is 1. The fourth-order valence-corrected chi connectivity index (χ4v) is 6.96. The standard InChI is InChI=1S/C21H26F2N2O2/c1-20(15-2-3-16(22)17(23)6-15)10-24-19(27)25(20)18-13-4-12-5-14(18)9-21(7-12,8-13)11-26/h2-3,6,12-14,18,26H,4-5,7-11H2,1H3,(H,24,27). The van der Waals surface area contributed by atoms with Crippen molar-refractivity contribution >= 4 is 6.03 Å². The van der Waals surface area contributed by atoms with E-state index in [9.17, 15) is 18.7 Å². The topological polar surface area (TPSA) is 52.6 Å². The van der Waals surface area contributed by atoms with Crippen LogP contribution in [-0.4, -0.2) is 35.2 Å². The molecule has 2 N–H and O–H groups in total. The van der Waals surface area contributed by atoms with Gasteiger partial charge in [0.1, 0.15) is 0 Å². The van der Waals surface area contributed by atoms with Crippen molar-refractivity contribution in [2.45, 2.75) is 50.6 Å². The molecule has 3 unspecified atom stereocenters. The molecule has 0 radical (unpaired) electrons. The molecule has 1 aromatic carbocycles. The van der Waals surface area contributed by atoms with Crippen LogP contribution in [0.1, 0.15) is 44.6 Å². The van der Waals surface area contributed by atoms with Crippen LogP contribution in [0.25, 0.3) is 0 Å². The van der Waals surface area contributed by atoms with Crippen molar-refractivity contribution in [2.75, 3.05) is 13.2 Å². The molecule has 4 bridgehead atoms. The fraction of sp³-hybridized carbons (Fsp3) is 0.667. The van der Waals surface area contributed by atoms with Gasteiger partial charge in [-0.05, 0) is 79.9 Å².